The van der Waals surface area contributed by atoms with E-state index in [2.05, 4.69) is 40.6 Å². The third-order valence-corrected chi connectivity index (χ3v) is 7.10. The molecule has 33 heavy (non-hydrogen) atoms. The van der Waals surface area contributed by atoms with Gasteiger partial charge in [-0.2, -0.15) is 0 Å². The average molecular weight is 472 g/mol. The van der Waals surface area contributed by atoms with E-state index < -0.39 is 0 Å². The van der Waals surface area contributed by atoms with Crippen molar-refractivity contribution < 1.29 is 4.79 Å². The number of carbonyl (C=O) groups is 1. The maximum Gasteiger partial charge on any atom is 0.234 e. The van der Waals surface area contributed by atoms with Gasteiger partial charge in [0.1, 0.15) is 10.8 Å². The van der Waals surface area contributed by atoms with Crippen LogP contribution >= 0.6 is 23.1 Å². The lowest BCUT2D eigenvalue weighted by Gasteiger charge is -2.08. The van der Waals surface area contributed by atoms with Gasteiger partial charge in [-0.1, -0.05) is 36.0 Å². The predicted molar refractivity (Wildman–Crippen MR) is 135 cm³/mol. The topological polar surface area (TPSA) is 72.7 Å². The number of para-hydroxylation sites is 1. The predicted octanol–water partition coefficient (Wildman–Crippen LogP) is 5.89. The zero-order chi connectivity index (χ0) is 22.8. The number of aryl methyl sites for hydroxylation is 2. The van der Waals surface area contributed by atoms with Gasteiger partial charge in [-0.3, -0.25) is 9.36 Å². The van der Waals surface area contributed by atoms with Crippen LogP contribution < -0.4 is 5.32 Å². The minimum Gasteiger partial charge on any atom is -0.325 e. The normalized spacial score (nSPS) is 11.1. The molecule has 5 aromatic rings. The number of rotatable bonds is 6. The molecule has 0 atom stereocenters. The Labute approximate surface area is 199 Å². The third kappa shape index (κ3) is 4.67. The molecule has 0 spiro atoms. The van der Waals surface area contributed by atoms with Crippen LogP contribution in [0.5, 0.6) is 0 Å². The standard InChI is InChI=1S/C25H21N5OS2/c1-16-8-13-21-22(14-16)33-24(27-21)18-9-11-19(12-10-18)26-23(31)15-32-25-29-28-17(2)30(25)20-6-4-3-5-7-20/h3-14H,15H2,1-2H3,(H,26,31). The van der Waals surface area contributed by atoms with Crippen molar-refractivity contribution in [3.63, 3.8) is 0 Å². The molecule has 5 rings (SSSR count). The van der Waals surface area contributed by atoms with Crippen LogP contribution in [0.1, 0.15) is 11.4 Å². The molecule has 0 radical (unpaired) electrons. The van der Waals surface area contributed by atoms with E-state index in [1.165, 1.54) is 22.0 Å². The lowest BCUT2D eigenvalue weighted by Crippen LogP contribution is -2.14. The maximum atomic E-state index is 12.5. The molecule has 2 heterocycles. The number of hydrogen-bond acceptors (Lipinski definition) is 6. The Balaban J connectivity index is 1.24. The van der Waals surface area contributed by atoms with Crippen molar-refractivity contribution in [3.8, 4) is 16.3 Å². The van der Waals surface area contributed by atoms with Crippen LogP contribution in [0.3, 0.4) is 0 Å². The summed E-state index contributed by atoms with van der Waals surface area (Å²) in [6.07, 6.45) is 0. The van der Waals surface area contributed by atoms with Crippen LogP contribution in [0.4, 0.5) is 5.69 Å². The monoisotopic (exact) mass is 471 g/mol. The van der Waals surface area contributed by atoms with E-state index in [-0.39, 0.29) is 11.7 Å². The van der Waals surface area contributed by atoms with Crippen LogP contribution in [-0.4, -0.2) is 31.4 Å². The first-order valence-electron chi connectivity index (χ1n) is 10.4. The number of fused-ring (bicyclic) bond motifs is 1. The Bertz CT molecular complexity index is 1420. The number of nitrogens with zero attached hydrogens (tertiary/aromatic N) is 4. The van der Waals surface area contributed by atoms with Gasteiger partial charge >= 0.3 is 0 Å². The molecule has 2 aromatic heterocycles. The Hall–Kier alpha value is -3.49. The Morgan fingerprint density at radius 3 is 2.58 bits per heavy atom. The molecule has 1 amide bonds. The Morgan fingerprint density at radius 1 is 1.00 bits per heavy atom. The van der Waals surface area contributed by atoms with Crippen LogP contribution in [-0.2, 0) is 4.79 Å². The van der Waals surface area contributed by atoms with Crippen molar-refractivity contribution in [2.75, 3.05) is 11.1 Å². The minimum absolute atomic E-state index is 0.0940. The molecule has 0 aliphatic heterocycles. The molecule has 8 heteroatoms. The van der Waals surface area contributed by atoms with Crippen molar-refractivity contribution in [3.05, 3.63) is 84.2 Å². The van der Waals surface area contributed by atoms with Crippen LogP contribution in [0, 0.1) is 13.8 Å². The first-order chi connectivity index (χ1) is 16.1. The van der Waals surface area contributed by atoms with Crippen LogP contribution in [0.15, 0.2) is 78.0 Å². The number of hydrogen-bond donors (Lipinski definition) is 1. The highest BCUT2D eigenvalue weighted by Gasteiger charge is 2.13. The molecule has 0 unspecified atom stereocenters. The zero-order valence-corrected chi connectivity index (χ0v) is 19.8. The summed E-state index contributed by atoms with van der Waals surface area (Å²) >= 11 is 3.04. The Morgan fingerprint density at radius 2 is 1.79 bits per heavy atom. The molecule has 3 aromatic carbocycles. The summed E-state index contributed by atoms with van der Waals surface area (Å²) in [4.78, 5) is 17.3. The number of benzene rings is 3. The molecule has 0 saturated carbocycles. The number of amides is 1. The summed E-state index contributed by atoms with van der Waals surface area (Å²) in [7, 11) is 0. The highest BCUT2D eigenvalue weighted by atomic mass is 32.2. The summed E-state index contributed by atoms with van der Waals surface area (Å²) < 4.78 is 3.13. The second-order valence-electron chi connectivity index (χ2n) is 7.61. The third-order valence-electron chi connectivity index (χ3n) is 5.10. The number of thiazole rings is 1. The fourth-order valence-corrected chi connectivity index (χ4v) is 5.36. The molecule has 0 aliphatic carbocycles. The minimum atomic E-state index is -0.0940. The summed E-state index contributed by atoms with van der Waals surface area (Å²) in [5.41, 5.74) is 5.00. The molecule has 164 valence electrons. The van der Waals surface area contributed by atoms with E-state index in [9.17, 15) is 4.79 Å². The van der Waals surface area contributed by atoms with Gasteiger partial charge in [0.15, 0.2) is 5.16 Å². The van der Waals surface area contributed by atoms with Gasteiger partial charge in [-0.05, 0) is 67.9 Å². The SMILES string of the molecule is Cc1ccc2nc(-c3ccc(NC(=O)CSc4nnc(C)n4-c4ccccc4)cc3)sc2c1. The lowest BCUT2D eigenvalue weighted by molar-refractivity contribution is -0.113. The Kier molecular flexibility index (Phi) is 5.93. The zero-order valence-electron chi connectivity index (χ0n) is 18.1. The molecule has 1 N–H and O–H groups in total. The van der Waals surface area contributed by atoms with E-state index in [1.54, 1.807) is 11.3 Å². The van der Waals surface area contributed by atoms with Gasteiger partial charge < -0.3 is 5.32 Å². The first kappa shape index (κ1) is 21.4. The van der Waals surface area contributed by atoms with Crippen LogP contribution in [0.2, 0.25) is 0 Å². The van der Waals surface area contributed by atoms with E-state index in [4.69, 9.17) is 4.98 Å². The van der Waals surface area contributed by atoms with E-state index in [0.29, 0.717) is 5.16 Å². The van der Waals surface area contributed by atoms with Crippen molar-refractivity contribution >= 4 is 44.9 Å². The van der Waals surface area contributed by atoms with Crippen molar-refractivity contribution in [2.24, 2.45) is 0 Å². The molecular formula is C25H21N5OS2. The van der Waals surface area contributed by atoms with Crippen LogP contribution in [0.25, 0.3) is 26.5 Å². The van der Waals surface area contributed by atoms with E-state index in [0.717, 1.165) is 33.3 Å². The number of carbonyl (C=O) groups excluding carboxylic acids is 1. The maximum absolute atomic E-state index is 12.5. The molecule has 0 bridgehead atoms. The van der Waals surface area contributed by atoms with Gasteiger partial charge in [0.2, 0.25) is 5.91 Å². The number of thioether (sulfide) groups is 1. The van der Waals surface area contributed by atoms with Gasteiger partial charge in [-0.15, -0.1) is 21.5 Å². The van der Waals surface area contributed by atoms with Crippen molar-refractivity contribution in [2.45, 2.75) is 19.0 Å². The van der Waals surface area contributed by atoms with Crippen molar-refractivity contribution in [1.82, 2.24) is 19.7 Å². The summed E-state index contributed by atoms with van der Waals surface area (Å²) in [6, 6.07) is 24.0. The quantitative estimate of drug-likeness (QED) is 0.313. The molecule has 0 aliphatic rings. The summed E-state index contributed by atoms with van der Waals surface area (Å²) in [5, 5.41) is 13.0. The number of aromatic nitrogens is 4. The highest BCUT2D eigenvalue weighted by Crippen LogP contribution is 2.31. The average Bonchev–Trinajstić information content (AvgIpc) is 3.41. The fraction of sp³-hybridized carbons (Fsp3) is 0.120. The number of anilines is 1. The second kappa shape index (κ2) is 9.17. The van der Waals surface area contributed by atoms with Gasteiger partial charge in [0.05, 0.1) is 16.0 Å². The van der Waals surface area contributed by atoms with Crippen molar-refractivity contribution in [1.29, 1.82) is 0 Å². The second-order valence-corrected chi connectivity index (χ2v) is 9.58. The molecule has 0 saturated heterocycles. The summed E-state index contributed by atoms with van der Waals surface area (Å²) in [6.45, 7) is 3.99. The lowest BCUT2D eigenvalue weighted by atomic mass is 10.2. The smallest absolute Gasteiger partial charge is 0.234 e. The van der Waals surface area contributed by atoms with E-state index in [1.807, 2.05) is 66.1 Å². The largest absolute Gasteiger partial charge is 0.325 e. The fourth-order valence-electron chi connectivity index (χ4n) is 3.49. The summed E-state index contributed by atoms with van der Waals surface area (Å²) in [5.74, 6) is 0.928. The highest BCUT2D eigenvalue weighted by molar-refractivity contribution is 7.99. The first-order valence-corrected chi connectivity index (χ1v) is 12.2. The molecule has 0 fully saturated rings. The van der Waals surface area contributed by atoms with E-state index >= 15 is 0 Å². The van der Waals surface area contributed by atoms with Gasteiger partial charge in [0, 0.05) is 16.9 Å². The number of nitrogens with one attached hydrogen (secondary N) is 1. The van der Waals surface area contributed by atoms with Gasteiger partial charge in [0.25, 0.3) is 0 Å². The molecular weight excluding hydrogens is 450 g/mol. The van der Waals surface area contributed by atoms with Gasteiger partial charge in [-0.25, -0.2) is 4.98 Å². The molecule has 6 nitrogen and oxygen atoms in total.